The number of carbonyl (C=O) groups is 1. The zero-order valence-corrected chi connectivity index (χ0v) is 19.8. The van der Waals surface area contributed by atoms with E-state index in [2.05, 4.69) is 56.5 Å². The maximum Gasteiger partial charge on any atom is 0.217 e. The van der Waals surface area contributed by atoms with Crippen molar-refractivity contribution in [1.82, 2.24) is 10.6 Å². The first-order valence-corrected chi connectivity index (χ1v) is 11.2. The highest BCUT2D eigenvalue weighted by Crippen LogP contribution is 2.22. The molecule has 0 fully saturated rings. The van der Waals surface area contributed by atoms with Crippen LogP contribution >= 0.6 is 0 Å². The second-order valence-electron chi connectivity index (χ2n) is 9.74. The summed E-state index contributed by atoms with van der Waals surface area (Å²) in [5.41, 5.74) is 4.27. The molecule has 2 unspecified atom stereocenters. The number of nitrogens with one attached hydrogen (secondary N) is 2. The van der Waals surface area contributed by atoms with Crippen molar-refractivity contribution in [2.75, 3.05) is 6.54 Å². The number of benzene rings is 2. The van der Waals surface area contributed by atoms with E-state index in [0.717, 1.165) is 24.5 Å². The van der Waals surface area contributed by atoms with Crippen LogP contribution in [0.5, 0.6) is 0 Å². The SMILES string of the molecule is CCc1cc(CNCC(O)C(Cc2cc(F)cc(F)c2)NC(C)=O)cc(CC(C)(C)C)c1. The minimum Gasteiger partial charge on any atom is -0.390 e. The van der Waals surface area contributed by atoms with Gasteiger partial charge in [0.1, 0.15) is 11.6 Å². The molecular weight excluding hydrogens is 410 g/mol. The molecule has 2 rings (SSSR count). The van der Waals surface area contributed by atoms with E-state index in [1.165, 1.54) is 30.2 Å². The second-order valence-corrected chi connectivity index (χ2v) is 9.74. The Kier molecular flexibility index (Phi) is 9.34. The highest BCUT2D eigenvalue weighted by atomic mass is 19.1. The number of aliphatic hydroxyl groups is 1. The van der Waals surface area contributed by atoms with Crippen LogP contribution < -0.4 is 10.6 Å². The summed E-state index contributed by atoms with van der Waals surface area (Å²) in [7, 11) is 0. The Balaban J connectivity index is 2.04. The third-order valence-corrected chi connectivity index (χ3v) is 5.17. The Labute approximate surface area is 190 Å². The number of amides is 1. The van der Waals surface area contributed by atoms with Crippen LogP contribution in [0.2, 0.25) is 0 Å². The van der Waals surface area contributed by atoms with Gasteiger partial charge in [-0.1, -0.05) is 45.9 Å². The van der Waals surface area contributed by atoms with Crippen molar-refractivity contribution in [3.05, 3.63) is 70.3 Å². The van der Waals surface area contributed by atoms with Crippen molar-refractivity contribution in [1.29, 1.82) is 0 Å². The molecule has 0 heterocycles. The van der Waals surface area contributed by atoms with E-state index in [1.807, 2.05) is 0 Å². The summed E-state index contributed by atoms with van der Waals surface area (Å²) in [6, 6.07) is 9.15. The summed E-state index contributed by atoms with van der Waals surface area (Å²) in [4.78, 5) is 11.6. The van der Waals surface area contributed by atoms with Gasteiger partial charge in [0.15, 0.2) is 0 Å². The summed E-state index contributed by atoms with van der Waals surface area (Å²) >= 11 is 0. The summed E-state index contributed by atoms with van der Waals surface area (Å²) < 4.78 is 27.1. The molecule has 0 spiro atoms. The van der Waals surface area contributed by atoms with Gasteiger partial charge in [0, 0.05) is 26.1 Å². The smallest absolute Gasteiger partial charge is 0.217 e. The van der Waals surface area contributed by atoms with Gasteiger partial charge in [0.2, 0.25) is 5.91 Å². The van der Waals surface area contributed by atoms with Crippen LogP contribution in [-0.2, 0) is 30.6 Å². The number of hydrogen-bond acceptors (Lipinski definition) is 3. The highest BCUT2D eigenvalue weighted by molar-refractivity contribution is 5.73. The average molecular weight is 447 g/mol. The number of hydrogen-bond donors (Lipinski definition) is 3. The number of aryl methyl sites for hydroxylation is 1. The van der Waals surface area contributed by atoms with Gasteiger partial charge in [-0.05, 0) is 59.1 Å². The zero-order valence-electron chi connectivity index (χ0n) is 19.8. The van der Waals surface area contributed by atoms with Crippen LogP contribution in [0.4, 0.5) is 8.78 Å². The largest absolute Gasteiger partial charge is 0.390 e. The van der Waals surface area contributed by atoms with Crippen LogP contribution in [0.1, 0.15) is 56.9 Å². The Hall–Kier alpha value is -2.31. The van der Waals surface area contributed by atoms with Crippen LogP contribution in [0.15, 0.2) is 36.4 Å². The van der Waals surface area contributed by atoms with Crippen molar-refractivity contribution in [2.45, 2.75) is 72.6 Å². The van der Waals surface area contributed by atoms with Gasteiger partial charge >= 0.3 is 0 Å². The summed E-state index contributed by atoms with van der Waals surface area (Å²) in [6.07, 6.45) is 1.12. The van der Waals surface area contributed by atoms with Crippen LogP contribution in [0.3, 0.4) is 0 Å². The minimum atomic E-state index is -0.923. The first kappa shape index (κ1) is 25.9. The second kappa shape index (κ2) is 11.5. The van der Waals surface area contributed by atoms with Gasteiger partial charge in [0.25, 0.3) is 0 Å². The van der Waals surface area contributed by atoms with E-state index >= 15 is 0 Å². The monoisotopic (exact) mass is 446 g/mol. The Bertz CT molecular complexity index is 889. The van der Waals surface area contributed by atoms with Crippen LogP contribution in [0, 0.1) is 17.0 Å². The maximum atomic E-state index is 13.5. The molecule has 1 amide bonds. The number of rotatable bonds is 10. The molecule has 0 saturated carbocycles. The topological polar surface area (TPSA) is 61.4 Å². The molecule has 6 heteroatoms. The molecule has 4 nitrogen and oxygen atoms in total. The molecule has 176 valence electrons. The van der Waals surface area contributed by atoms with E-state index in [1.54, 1.807) is 0 Å². The van der Waals surface area contributed by atoms with Crippen LogP contribution in [0.25, 0.3) is 0 Å². The molecule has 0 aromatic heterocycles. The summed E-state index contributed by atoms with van der Waals surface area (Å²) in [5, 5.41) is 16.6. The molecule has 32 heavy (non-hydrogen) atoms. The normalized spacial score (nSPS) is 13.6. The third-order valence-electron chi connectivity index (χ3n) is 5.17. The highest BCUT2D eigenvalue weighted by Gasteiger charge is 2.21. The van der Waals surface area contributed by atoms with Gasteiger partial charge < -0.3 is 15.7 Å². The van der Waals surface area contributed by atoms with Gasteiger partial charge in [0.05, 0.1) is 12.1 Å². The first-order valence-electron chi connectivity index (χ1n) is 11.2. The van der Waals surface area contributed by atoms with Crippen LogP contribution in [-0.4, -0.2) is 29.7 Å². The molecular formula is C26H36F2N2O2. The van der Waals surface area contributed by atoms with Crippen molar-refractivity contribution >= 4 is 5.91 Å². The third kappa shape index (κ3) is 9.05. The Morgan fingerprint density at radius 1 is 0.969 bits per heavy atom. The fourth-order valence-electron chi connectivity index (χ4n) is 3.89. The van der Waals surface area contributed by atoms with Crippen molar-refractivity contribution in [2.24, 2.45) is 5.41 Å². The van der Waals surface area contributed by atoms with E-state index in [9.17, 15) is 18.7 Å². The number of carbonyl (C=O) groups excluding carboxylic acids is 1. The molecule has 0 saturated heterocycles. The molecule has 0 aliphatic carbocycles. The van der Waals surface area contributed by atoms with Crippen molar-refractivity contribution in [3.63, 3.8) is 0 Å². The fourth-order valence-corrected chi connectivity index (χ4v) is 3.89. The predicted molar refractivity (Wildman–Crippen MR) is 124 cm³/mol. The lowest BCUT2D eigenvalue weighted by Crippen LogP contribution is -2.48. The molecule has 0 aliphatic heterocycles. The van der Waals surface area contributed by atoms with Gasteiger partial charge in [-0.25, -0.2) is 8.78 Å². The zero-order chi connectivity index (χ0) is 23.9. The van der Waals surface area contributed by atoms with E-state index in [4.69, 9.17) is 0 Å². The summed E-state index contributed by atoms with van der Waals surface area (Å²) in [5.74, 6) is -1.68. The molecule has 0 bridgehead atoms. The van der Waals surface area contributed by atoms with Gasteiger partial charge in [-0.15, -0.1) is 0 Å². The lowest BCUT2D eigenvalue weighted by molar-refractivity contribution is -0.120. The van der Waals surface area contributed by atoms with E-state index < -0.39 is 23.8 Å². The van der Waals surface area contributed by atoms with Gasteiger partial charge in [-0.2, -0.15) is 0 Å². The lowest BCUT2D eigenvalue weighted by Gasteiger charge is -2.24. The maximum absolute atomic E-state index is 13.5. The molecule has 0 aliphatic rings. The minimum absolute atomic E-state index is 0.123. The Morgan fingerprint density at radius 3 is 2.12 bits per heavy atom. The predicted octanol–water partition coefficient (Wildman–Crippen LogP) is 4.31. The lowest BCUT2D eigenvalue weighted by atomic mass is 9.87. The number of halogens is 2. The van der Waals surface area contributed by atoms with Gasteiger partial charge in [-0.3, -0.25) is 4.79 Å². The molecule has 2 aromatic rings. The quantitative estimate of drug-likeness (QED) is 0.510. The van der Waals surface area contributed by atoms with E-state index in [0.29, 0.717) is 12.1 Å². The molecule has 2 atom stereocenters. The Morgan fingerprint density at radius 2 is 1.56 bits per heavy atom. The fraction of sp³-hybridized carbons (Fsp3) is 0.500. The van der Waals surface area contributed by atoms with Crippen molar-refractivity contribution in [3.8, 4) is 0 Å². The molecule has 0 radical (unpaired) electrons. The molecule has 2 aromatic carbocycles. The van der Waals surface area contributed by atoms with Crippen molar-refractivity contribution < 1.29 is 18.7 Å². The first-order chi connectivity index (χ1) is 14.9. The standard InChI is InChI=1S/C26H36F2N2O2/c1-6-18-7-20(14-26(3,4)5)9-21(8-18)15-29-16-25(32)24(30-17(2)31)12-19-10-22(27)13-23(28)11-19/h7-11,13,24-25,29,32H,6,12,14-16H2,1-5H3,(H,30,31). The summed E-state index contributed by atoms with van der Waals surface area (Å²) in [6.45, 7) is 10.9. The molecule has 3 N–H and O–H groups in total. The van der Waals surface area contributed by atoms with E-state index in [-0.39, 0.29) is 24.3 Å². The average Bonchev–Trinajstić information content (AvgIpc) is 2.64. The number of aliphatic hydroxyl groups excluding tert-OH is 1.